The van der Waals surface area contributed by atoms with Gasteiger partial charge in [-0.15, -0.1) is 11.8 Å². The molecule has 0 radical (unpaired) electrons. The molecule has 1 spiro atoms. The van der Waals surface area contributed by atoms with Crippen LogP contribution in [0.2, 0.25) is 0 Å². The lowest BCUT2D eigenvalue weighted by atomic mass is 9.99. The van der Waals surface area contributed by atoms with Gasteiger partial charge < -0.3 is 9.80 Å². The van der Waals surface area contributed by atoms with E-state index in [-0.39, 0.29) is 16.7 Å². The van der Waals surface area contributed by atoms with Crippen LogP contribution in [0.25, 0.3) is 0 Å². The summed E-state index contributed by atoms with van der Waals surface area (Å²) in [6.45, 7) is 3.83. The Morgan fingerprint density at radius 3 is 2.46 bits per heavy atom. The van der Waals surface area contributed by atoms with Gasteiger partial charge in [0.05, 0.1) is 4.87 Å². The maximum Gasteiger partial charge on any atom is 0.255 e. The molecule has 2 aliphatic heterocycles. The monoisotopic (exact) mass is 398 g/mol. The molecule has 2 fully saturated rings. The Morgan fingerprint density at radius 2 is 1.75 bits per heavy atom. The van der Waals surface area contributed by atoms with Gasteiger partial charge >= 0.3 is 0 Å². The molecule has 0 bridgehead atoms. The van der Waals surface area contributed by atoms with Crippen molar-refractivity contribution < 1.29 is 14.0 Å². The number of hydrogen-bond acceptors (Lipinski definition) is 3. The largest absolute Gasteiger partial charge is 0.338 e. The van der Waals surface area contributed by atoms with Crippen molar-refractivity contribution in [1.29, 1.82) is 0 Å². The molecule has 4 nitrogen and oxygen atoms in total. The highest BCUT2D eigenvalue weighted by atomic mass is 32.2. The second-order valence-electron chi connectivity index (χ2n) is 7.37. The third-order valence-electron chi connectivity index (χ3n) is 5.70. The lowest BCUT2D eigenvalue weighted by molar-refractivity contribution is 0.0497. The number of aryl methyl sites for hydroxylation is 1. The van der Waals surface area contributed by atoms with E-state index in [0.717, 1.165) is 36.3 Å². The second kappa shape index (κ2) is 7.59. The van der Waals surface area contributed by atoms with Gasteiger partial charge in [0.15, 0.2) is 0 Å². The topological polar surface area (TPSA) is 40.6 Å². The van der Waals surface area contributed by atoms with Crippen LogP contribution in [0.1, 0.15) is 39.1 Å². The van der Waals surface area contributed by atoms with Gasteiger partial charge in [0.25, 0.3) is 11.8 Å². The molecule has 2 heterocycles. The lowest BCUT2D eigenvalue weighted by Crippen LogP contribution is -2.53. The first kappa shape index (κ1) is 19.0. The van der Waals surface area contributed by atoms with Gasteiger partial charge in [-0.3, -0.25) is 9.59 Å². The third kappa shape index (κ3) is 3.41. The first-order valence-corrected chi connectivity index (χ1v) is 10.6. The highest BCUT2D eigenvalue weighted by Crippen LogP contribution is 2.44. The van der Waals surface area contributed by atoms with E-state index >= 15 is 0 Å². The van der Waals surface area contributed by atoms with Crippen LogP contribution in [0.3, 0.4) is 0 Å². The van der Waals surface area contributed by atoms with Gasteiger partial charge in [0, 0.05) is 36.5 Å². The first-order valence-electron chi connectivity index (χ1n) is 9.57. The van der Waals surface area contributed by atoms with Gasteiger partial charge in [-0.25, -0.2) is 4.39 Å². The zero-order chi connectivity index (χ0) is 19.7. The van der Waals surface area contributed by atoms with E-state index in [0.29, 0.717) is 18.7 Å². The molecule has 0 aliphatic carbocycles. The lowest BCUT2D eigenvalue weighted by Gasteiger charge is -2.44. The maximum atomic E-state index is 13.5. The van der Waals surface area contributed by atoms with Crippen LogP contribution >= 0.6 is 11.8 Å². The Labute approximate surface area is 168 Å². The van der Waals surface area contributed by atoms with Crippen molar-refractivity contribution in [1.82, 2.24) is 9.80 Å². The van der Waals surface area contributed by atoms with E-state index in [2.05, 4.69) is 0 Å². The van der Waals surface area contributed by atoms with E-state index in [1.165, 1.54) is 12.1 Å². The van der Waals surface area contributed by atoms with Crippen molar-refractivity contribution in [3.05, 3.63) is 71.0 Å². The van der Waals surface area contributed by atoms with E-state index in [9.17, 15) is 14.0 Å². The molecule has 2 aromatic rings. The van der Waals surface area contributed by atoms with E-state index in [1.54, 1.807) is 17.0 Å². The molecule has 0 aromatic heterocycles. The molecule has 0 N–H and O–H groups in total. The van der Waals surface area contributed by atoms with E-state index < -0.39 is 5.82 Å². The minimum absolute atomic E-state index is 0.0769. The summed E-state index contributed by atoms with van der Waals surface area (Å²) in [7, 11) is 0. The Kier molecular flexibility index (Phi) is 5.15. The Hall–Kier alpha value is -2.34. The Bertz CT molecular complexity index is 909. The van der Waals surface area contributed by atoms with Crippen LogP contribution in [-0.4, -0.2) is 51.9 Å². The molecule has 2 aliphatic rings. The van der Waals surface area contributed by atoms with Crippen molar-refractivity contribution in [3.63, 3.8) is 0 Å². The normalized spacial score (nSPS) is 18.5. The number of halogens is 1. The summed E-state index contributed by atoms with van der Waals surface area (Å²) in [5.74, 6) is 0.443. The van der Waals surface area contributed by atoms with Gasteiger partial charge in [-0.2, -0.15) is 0 Å². The average Bonchev–Trinajstić information content (AvgIpc) is 3.11. The minimum atomic E-state index is -0.402. The first-order chi connectivity index (χ1) is 13.5. The average molecular weight is 399 g/mol. The molecule has 2 aromatic carbocycles. The predicted octanol–water partition coefficient (Wildman–Crippen LogP) is 3.96. The molecule has 0 unspecified atom stereocenters. The van der Waals surface area contributed by atoms with Crippen LogP contribution in [0.5, 0.6) is 0 Å². The fraction of sp³-hybridized carbons (Fsp3) is 0.364. The number of benzene rings is 2. The van der Waals surface area contributed by atoms with Gasteiger partial charge in [-0.1, -0.05) is 24.3 Å². The van der Waals surface area contributed by atoms with E-state index in [4.69, 9.17) is 0 Å². The van der Waals surface area contributed by atoms with Gasteiger partial charge in [0.2, 0.25) is 0 Å². The predicted molar refractivity (Wildman–Crippen MR) is 109 cm³/mol. The minimum Gasteiger partial charge on any atom is -0.338 e. The number of carbonyl (C=O) groups excluding carboxylic acids is 2. The molecule has 0 atom stereocenters. The van der Waals surface area contributed by atoms with Crippen LogP contribution in [0.4, 0.5) is 4.39 Å². The summed E-state index contributed by atoms with van der Waals surface area (Å²) in [4.78, 5) is 29.4. The number of nitrogens with zero attached hydrogens (tertiary/aromatic N) is 2. The highest BCUT2D eigenvalue weighted by molar-refractivity contribution is 8.00. The second-order valence-corrected chi connectivity index (χ2v) is 8.83. The summed E-state index contributed by atoms with van der Waals surface area (Å²) in [6.07, 6.45) is 1.46. The molecule has 0 saturated carbocycles. The zero-order valence-corrected chi connectivity index (χ0v) is 16.7. The van der Waals surface area contributed by atoms with Crippen LogP contribution < -0.4 is 0 Å². The molecular weight excluding hydrogens is 375 g/mol. The summed E-state index contributed by atoms with van der Waals surface area (Å²) in [5.41, 5.74) is 2.11. The van der Waals surface area contributed by atoms with Crippen molar-refractivity contribution in [3.8, 4) is 0 Å². The summed E-state index contributed by atoms with van der Waals surface area (Å²) >= 11 is 1.82. The van der Waals surface area contributed by atoms with E-state index in [1.807, 2.05) is 47.9 Å². The Morgan fingerprint density at radius 1 is 1.00 bits per heavy atom. The molecule has 6 heteroatoms. The van der Waals surface area contributed by atoms with Crippen LogP contribution in [0, 0.1) is 12.7 Å². The third-order valence-corrected chi connectivity index (χ3v) is 7.25. The molecule has 146 valence electrons. The number of piperidine rings is 1. The van der Waals surface area contributed by atoms with Gasteiger partial charge in [-0.05, 0) is 49.6 Å². The molecule has 2 amide bonds. The number of rotatable bonds is 2. The fourth-order valence-corrected chi connectivity index (χ4v) is 5.59. The molecule has 2 saturated heterocycles. The Balaban J connectivity index is 1.49. The number of thioether (sulfide) groups is 1. The number of likely N-dealkylation sites (tertiary alicyclic amines) is 1. The molecule has 4 rings (SSSR count). The SMILES string of the molecule is Cc1ccccc1C(=O)N1CCSC12CCN(C(=O)c1cccc(F)c1)CC2. The summed E-state index contributed by atoms with van der Waals surface area (Å²) < 4.78 is 13.5. The molecule has 28 heavy (non-hydrogen) atoms. The quantitative estimate of drug-likeness (QED) is 0.769. The number of carbonyl (C=O) groups is 2. The summed E-state index contributed by atoms with van der Waals surface area (Å²) in [5, 5.41) is 0. The highest BCUT2D eigenvalue weighted by Gasteiger charge is 2.47. The number of hydrogen-bond donors (Lipinski definition) is 0. The smallest absolute Gasteiger partial charge is 0.255 e. The number of amides is 2. The van der Waals surface area contributed by atoms with Crippen LogP contribution in [0.15, 0.2) is 48.5 Å². The standard InChI is InChI=1S/C22H23FN2O2S/c1-16-5-2-3-8-19(16)21(27)25-13-14-28-22(25)9-11-24(12-10-22)20(26)17-6-4-7-18(23)15-17/h2-8,15H,9-14H2,1H3. The van der Waals surface area contributed by atoms with Crippen molar-refractivity contribution in [2.24, 2.45) is 0 Å². The van der Waals surface area contributed by atoms with Crippen LogP contribution in [-0.2, 0) is 0 Å². The maximum absolute atomic E-state index is 13.5. The van der Waals surface area contributed by atoms with Crippen molar-refractivity contribution in [2.45, 2.75) is 24.6 Å². The summed E-state index contributed by atoms with van der Waals surface area (Å²) in [6, 6.07) is 13.5. The van der Waals surface area contributed by atoms with Crippen molar-refractivity contribution in [2.75, 3.05) is 25.4 Å². The van der Waals surface area contributed by atoms with Crippen molar-refractivity contribution >= 4 is 23.6 Å². The van der Waals surface area contributed by atoms with Gasteiger partial charge in [0.1, 0.15) is 5.82 Å². The zero-order valence-electron chi connectivity index (χ0n) is 15.9. The fourth-order valence-electron chi connectivity index (χ4n) is 4.13. The molecular formula is C22H23FN2O2S.